The molecule has 0 spiro atoms. The molecule has 0 saturated carbocycles. The first kappa shape index (κ1) is 12.1. The molecule has 0 saturated heterocycles. The number of carbonyl (C=O) groups is 1. The van der Waals surface area contributed by atoms with Crippen molar-refractivity contribution in [3.8, 4) is 0 Å². The van der Waals surface area contributed by atoms with E-state index in [-0.39, 0.29) is 5.56 Å². The molecular formula is C11H9FN2OS2. The average Bonchev–Trinajstić information content (AvgIpc) is 2.67. The number of anilines is 1. The number of aromatic nitrogens is 1. The van der Waals surface area contributed by atoms with Gasteiger partial charge in [-0.05, 0) is 25.1 Å². The van der Waals surface area contributed by atoms with Gasteiger partial charge in [0.1, 0.15) is 5.82 Å². The van der Waals surface area contributed by atoms with Crippen LogP contribution in [0.25, 0.3) is 0 Å². The minimum atomic E-state index is -0.575. The van der Waals surface area contributed by atoms with E-state index >= 15 is 0 Å². The maximum atomic E-state index is 13.4. The zero-order chi connectivity index (χ0) is 12.4. The highest BCUT2D eigenvalue weighted by Crippen LogP contribution is 2.19. The number of rotatable bonds is 2. The first-order valence-corrected chi connectivity index (χ1v) is 6.05. The van der Waals surface area contributed by atoms with E-state index in [0.29, 0.717) is 10.0 Å². The van der Waals surface area contributed by atoms with Gasteiger partial charge < -0.3 is 0 Å². The summed E-state index contributed by atoms with van der Waals surface area (Å²) in [6.45, 7) is 1.88. The van der Waals surface area contributed by atoms with Crippen LogP contribution in [-0.4, -0.2) is 10.9 Å². The molecule has 2 aromatic rings. The molecule has 0 aliphatic heterocycles. The highest BCUT2D eigenvalue weighted by molar-refractivity contribution is 7.80. The van der Waals surface area contributed by atoms with Gasteiger partial charge in [0.05, 0.1) is 5.56 Å². The van der Waals surface area contributed by atoms with E-state index in [9.17, 15) is 9.18 Å². The van der Waals surface area contributed by atoms with Gasteiger partial charge in [-0.1, -0.05) is 0 Å². The number of benzene rings is 1. The highest BCUT2D eigenvalue weighted by atomic mass is 32.1. The molecule has 6 heteroatoms. The zero-order valence-corrected chi connectivity index (χ0v) is 10.6. The Morgan fingerprint density at radius 1 is 1.53 bits per heavy atom. The molecule has 0 atom stereocenters. The van der Waals surface area contributed by atoms with Crippen LogP contribution >= 0.6 is 24.0 Å². The topological polar surface area (TPSA) is 42.0 Å². The number of hydrogen-bond acceptors (Lipinski definition) is 4. The van der Waals surface area contributed by atoms with Crippen LogP contribution in [0.3, 0.4) is 0 Å². The van der Waals surface area contributed by atoms with Crippen molar-refractivity contribution in [2.24, 2.45) is 0 Å². The lowest BCUT2D eigenvalue weighted by Gasteiger charge is -2.03. The van der Waals surface area contributed by atoms with Crippen molar-refractivity contribution in [3.05, 3.63) is 40.7 Å². The summed E-state index contributed by atoms with van der Waals surface area (Å²) in [4.78, 5) is 17.3. The van der Waals surface area contributed by atoms with Crippen molar-refractivity contribution < 1.29 is 9.18 Å². The van der Waals surface area contributed by atoms with Crippen molar-refractivity contribution in [2.45, 2.75) is 11.8 Å². The fraction of sp³-hybridized carbons (Fsp3) is 0.0909. The second-order valence-corrected chi connectivity index (χ2v) is 5.15. The van der Waals surface area contributed by atoms with Gasteiger partial charge in [-0.15, -0.1) is 24.0 Å². The smallest absolute Gasteiger partial charge is 0.260 e. The van der Waals surface area contributed by atoms with Crippen LogP contribution in [0.4, 0.5) is 9.52 Å². The van der Waals surface area contributed by atoms with Gasteiger partial charge in [-0.25, -0.2) is 9.37 Å². The van der Waals surface area contributed by atoms with E-state index < -0.39 is 11.7 Å². The van der Waals surface area contributed by atoms with E-state index in [4.69, 9.17) is 0 Å². The zero-order valence-electron chi connectivity index (χ0n) is 8.90. The van der Waals surface area contributed by atoms with Crippen molar-refractivity contribution in [1.82, 2.24) is 4.98 Å². The number of hydrogen-bond donors (Lipinski definition) is 2. The molecule has 1 aromatic carbocycles. The van der Waals surface area contributed by atoms with Crippen LogP contribution < -0.4 is 5.32 Å². The lowest BCUT2D eigenvalue weighted by Crippen LogP contribution is -2.13. The number of thiazole rings is 1. The van der Waals surface area contributed by atoms with Crippen LogP contribution in [0.2, 0.25) is 0 Å². The van der Waals surface area contributed by atoms with Crippen LogP contribution in [-0.2, 0) is 0 Å². The Hall–Kier alpha value is -1.40. The van der Waals surface area contributed by atoms with Crippen LogP contribution in [0.5, 0.6) is 0 Å². The second kappa shape index (κ2) is 4.85. The van der Waals surface area contributed by atoms with Gasteiger partial charge in [-0.2, -0.15) is 0 Å². The SMILES string of the molecule is Cc1cnc(NC(=O)c2cc(S)ccc2F)s1. The maximum Gasteiger partial charge on any atom is 0.260 e. The molecule has 3 nitrogen and oxygen atoms in total. The Morgan fingerprint density at radius 2 is 2.29 bits per heavy atom. The van der Waals surface area contributed by atoms with E-state index in [1.165, 1.54) is 29.5 Å². The number of nitrogens with zero attached hydrogens (tertiary/aromatic N) is 1. The Morgan fingerprint density at radius 3 is 2.94 bits per heavy atom. The Kier molecular flexibility index (Phi) is 3.44. The number of aryl methyl sites for hydroxylation is 1. The molecule has 0 unspecified atom stereocenters. The summed E-state index contributed by atoms with van der Waals surface area (Å²) in [5, 5.41) is 3.00. The molecule has 0 fully saturated rings. The molecule has 0 radical (unpaired) electrons. The predicted molar refractivity (Wildman–Crippen MR) is 68.5 cm³/mol. The van der Waals surface area contributed by atoms with E-state index in [0.717, 1.165) is 4.88 Å². The Balaban J connectivity index is 2.22. The number of nitrogens with one attached hydrogen (secondary N) is 1. The van der Waals surface area contributed by atoms with Gasteiger partial charge in [0.15, 0.2) is 5.13 Å². The highest BCUT2D eigenvalue weighted by Gasteiger charge is 2.13. The summed E-state index contributed by atoms with van der Waals surface area (Å²) in [5.41, 5.74) is -0.0367. The average molecular weight is 268 g/mol. The number of halogens is 1. The lowest BCUT2D eigenvalue weighted by molar-refractivity contribution is 0.102. The predicted octanol–water partition coefficient (Wildman–Crippen LogP) is 3.13. The van der Waals surface area contributed by atoms with Crippen molar-refractivity contribution >= 4 is 35.0 Å². The summed E-state index contributed by atoms with van der Waals surface area (Å²) < 4.78 is 13.4. The molecule has 1 aromatic heterocycles. The largest absolute Gasteiger partial charge is 0.298 e. The minimum Gasteiger partial charge on any atom is -0.298 e. The summed E-state index contributed by atoms with van der Waals surface area (Å²) in [6, 6.07) is 4.08. The van der Waals surface area contributed by atoms with Gasteiger partial charge in [-0.3, -0.25) is 10.1 Å². The molecule has 1 amide bonds. The normalized spacial score (nSPS) is 10.3. The Labute approximate surface area is 107 Å². The quantitative estimate of drug-likeness (QED) is 0.822. The summed E-state index contributed by atoms with van der Waals surface area (Å²) in [7, 11) is 0. The summed E-state index contributed by atoms with van der Waals surface area (Å²) in [6.07, 6.45) is 1.64. The van der Waals surface area contributed by atoms with E-state index in [1.807, 2.05) is 6.92 Å². The fourth-order valence-corrected chi connectivity index (χ4v) is 2.13. The molecule has 2 rings (SSSR count). The van der Waals surface area contributed by atoms with Gasteiger partial charge in [0.2, 0.25) is 0 Å². The number of thiol groups is 1. The molecule has 0 aliphatic rings. The monoisotopic (exact) mass is 268 g/mol. The molecule has 1 heterocycles. The third-order valence-electron chi connectivity index (χ3n) is 2.04. The van der Waals surface area contributed by atoms with Crippen LogP contribution in [0, 0.1) is 12.7 Å². The molecule has 17 heavy (non-hydrogen) atoms. The minimum absolute atomic E-state index is 0.0367. The summed E-state index contributed by atoms with van der Waals surface area (Å²) >= 11 is 5.40. The van der Waals surface area contributed by atoms with Gasteiger partial charge in [0.25, 0.3) is 5.91 Å². The van der Waals surface area contributed by atoms with Crippen LogP contribution in [0.15, 0.2) is 29.3 Å². The van der Waals surface area contributed by atoms with Crippen molar-refractivity contribution in [3.63, 3.8) is 0 Å². The van der Waals surface area contributed by atoms with Crippen molar-refractivity contribution in [1.29, 1.82) is 0 Å². The first-order chi connectivity index (χ1) is 8.06. The Bertz CT molecular complexity index is 568. The molecular weight excluding hydrogens is 259 g/mol. The lowest BCUT2D eigenvalue weighted by atomic mass is 10.2. The third-order valence-corrected chi connectivity index (χ3v) is 3.14. The van der Waals surface area contributed by atoms with E-state index in [2.05, 4.69) is 22.9 Å². The molecule has 88 valence electrons. The molecule has 0 aliphatic carbocycles. The molecule has 1 N–H and O–H groups in total. The first-order valence-electron chi connectivity index (χ1n) is 4.78. The fourth-order valence-electron chi connectivity index (χ4n) is 1.26. The van der Waals surface area contributed by atoms with Crippen LogP contribution in [0.1, 0.15) is 15.2 Å². The number of carbonyl (C=O) groups excluding carboxylic acids is 1. The molecule has 0 bridgehead atoms. The van der Waals surface area contributed by atoms with E-state index in [1.54, 1.807) is 6.20 Å². The third kappa shape index (κ3) is 2.83. The second-order valence-electron chi connectivity index (χ2n) is 3.39. The maximum absolute atomic E-state index is 13.4. The standard InChI is InChI=1S/C11H9FN2OS2/c1-6-5-13-11(17-6)14-10(15)8-4-7(16)2-3-9(8)12/h2-5,16H,1H3,(H,13,14,15). The number of amides is 1. The summed E-state index contributed by atoms with van der Waals surface area (Å²) in [5.74, 6) is -1.10. The van der Waals surface area contributed by atoms with Gasteiger partial charge in [0, 0.05) is 16.0 Å². The van der Waals surface area contributed by atoms with Gasteiger partial charge >= 0.3 is 0 Å². The van der Waals surface area contributed by atoms with Crippen molar-refractivity contribution in [2.75, 3.05) is 5.32 Å².